The zero-order valence-electron chi connectivity index (χ0n) is 8.70. The molecule has 2 aromatic rings. The number of aryl methyl sites for hydroxylation is 1. The molecule has 0 aliphatic rings. The Balaban J connectivity index is 2.31. The number of nitrogens with zero attached hydrogens (tertiary/aromatic N) is 4. The molecule has 0 amide bonds. The van der Waals surface area contributed by atoms with E-state index < -0.39 is 10.0 Å². The quantitative estimate of drug-likeness (QED) is 0.830. The SMILES string of the molecule is Cn1ncnc1NS(=O)(=O)c1ccc(Cl)nc1. The van der Waals surface area contributed by atoms with Gasteiger partial charge in [0.1, 0.15) is 16.4 Å². The van der Waals surface area contributed by atoms with Gasteiger partial charge in [-0.15, -0.1) is 0 Å². The van der Waals surface area contributed by atoms with Crippen LogP contribution in [0.4, 0.5) is 5.95 Å². The molecule has 9 heteroatoms. The van der Waals surface area contributed by atoms with Crippen molar-refractivity contribution in [2.45, 2.75) is 4.90 Å². The third-order valence-electron chi connectivity index (χ3n) is 1.95. The van der Waals surface area contributed by atoms with Crippen molar-refractivity contribution in [3.8, 4) is 0 Å². The van der Waals surface area contributed by atoms with Crippen LogP contribution >= 0.6 is 11.6 Å². The third kappa shape index (κ3) is 2.53. The first-order chi connectivity index (χ1) is 7.99. The highest BCUT2D eigenvalue weighted by atomic mass is 35.5. The topological polar surface area (TPSA) is 89.8 Å². The van der Waals surface area contributed by atoms with Gasteiger partial charge in [0.05, 0.1) is 0 Å². The minimum atomic E-state index is -3.72. The Hall–Kier alpha value is -1.67. The van der Waals surface area contributed by atoms with Gasteiger partial charge in [0, 0.05) is 13.2 Å². The Morgan fingerprint density at radius 3 is 2.65 bits per heavy atom. The van der Waals surface area contributed by atoms with Crippen molar-refractivity contribution in [1.82, 2.24) is 19.7 Å². The summed E-state index contributed by atoms with van der Waals surface area (Å²) >= 11 is 5.58. The van der Waals surface area contributed by atoms with Crippen molar-refractivity contribution >= 4 is 27.6 Å². The number of anilines is 1. The van der Waals surface area contributed by atoms with E-state index in [0.717, 1.165) is 0 Å². The van der Waals surface area contributed by atoms with Crippen LogP contribution in [0.3, 0.4) is 0 Å². The van der Waals surface area contributed by atoms with Crippen LogP contribution in [0.25, 0.3) is 0 Å². The minimum Gasteiger partial charge on any atom is -0.247 e. The normalized spacial score (nSPS) is 11.4. The Morgan fingerprint density at radius 1 is 1.35 bits per heavy atom. The predicted octanol–water partition coefficient (Wildman–Crippen LogP) is 0.664. The first kappa shape index (κ1) is 11.8. The summed E-state index contributed by atoms with van der Waals surface area (Å²) in [6.07, 6.45) is 2.42. The fourth-order valence-electron chi connectivity index (χ4n) is 1.09. The molecule has 1 N–H and O–H groups in total. The molecule has 2 heterocycles. The zero-order chi connectivity index (χ0) is 12.5. The van der Waals surface area contributed by atoms with Crippen molar-refractivity contribution in [3.05, 3.63) is 29.8 Å². The molecule has 0 saturated heterocycles. The van der Waals surface area contributed by atoms with Gasteiger partial charge in [-0.05, 0) is 12.1 Å². The van der Waals surface area contributed by atoms with Gasteiger partial charge in [-0.2, -0.15) is 10.1 Å². The third-order valence-corrected chi connectivity index (χ3v) is 3.48. The van der Waals surface area contributed by atoms with Crippen LogP contribution < -0.4 is 4.72 Å². The van der Waals surface area contributed by atoms with Crippen molar-refractivity contribution in [2.75, 3.05) is 4.72 Å². The summed E-state index contributed by atoms with van der Waals surface area (Å²) in [4.78, 5) is 7.46. The lowest BCUT2D eigenvalue weighted by atomic mass is 10.5. The van der Waals surface area contributed by atoms with Crippen LogP contribution in [0.2, 0.25) is 5.15 Å². The maximum Gasteiger partial charge on any atom is 0.265 e. The highest BCUT2D eigenvalue weighted by Gasteiger charge is 2.16. The fourth-order valence-corrected chi connectivity index (χ4v) is 2.18. The molecule has 0 fully saturated rings. The number of sulfonamides is 1. The second kappa shape index (κ2) is 4.30. The maximum absolute atomic E-state index is 11.9. The largest absolute Gasteiger partial charge is 0.265 e. The fraction of sp³-hybridized carbons (Fsp3) is 0.125. The van der Waals surface area contributed by atoms with E-state index in [1.807, 2.05) is 0 Å². The van der Waals surface area contributed by atoms with Gasteiger partial charge in [-0.1, -0.05) is 11.6 Å². The Labute approximate surface area is 103 Å². The molecule has 0 unspecified atom stereocenters. The second-order valence-corrected chi connectivity index (χ2v) is 5.20. The van der Waals surface area contributed by atoms with Crippen LogP contribution in [0.1, 0.15) is 0 Å². The van der Waals surface area contributed by atoms with Crippen molar-refractivity contribution in [2.24, 2.45) is 7.05 Å². The predicted molar refractivity (Wildman–Crippen MR) is 61.1 cm³/mol. The molecule has 2 rings (SSSR count). The number of hydrogen-bond acceptors (Lipinski definition) is 5. The standard InChI is InChI=1S/C8H8ClN5O2S/c1-14-8(11-5-12-14)13-17(15,16)6-2-3-7(9)10-4-6/h2-5H,1H3,(H,11,12,13). The number of rotatable bonds is 3. The van der Waals surface area contributed by atoms with Gasteiger partial charge in [0.15, 0.2) is 0 Å². The van der Waals surface area contributed by atoms with Gasteiger partial charge in [-0.25, -0.2) is 22.8 Å². The van der Waals surface area contributed by atoms with E-state index in [0.29, 0.717) is 0 Å². The molecular weight excluding hydrogens is 266 g/mol. The molecule has 7 nitrogen and oxygen atoms in total. The van der Waals surface area contributed by atoms with Crippen molar-refractivity contribution in [1.29, 1.82) is 0 Å². The van der Waals surface area contributed by atoms with Crippen LogP contribution in [-0.4, -0.2) is 28.2 Å². The van der Waals surface area contributed by atoms with Crippen LogP contribution in [0.15, 0.2) is 29.6 Å². The van der Waals surface area contributed by atoms with Gasteiger partial charge < -0.3 is 0 Å². The molecule has 0 aromatic carbocycles. The van der Waals surface area contributed by atoms with Crippen LogP contribution in [0.5, 0.6) is 0 Å². The van der Waals surface area contributed by atoms with Crippen molar-refractivity contribution in [3.63, 3.8) is 0 Å². The summed E-state index contributed by atoms with van der Waals surface area (Å²) in [5.41, 5.74) is 0. The zero-order valence-corrected chi connectivity index (χ0v) is 10.3. The van der Waals surface area contributed by atoms with Crippen LogP contribution in [-0.2, 0) is 17.1 Å². The van der Waals surface area contributed by atoms with E-state index in [-0.39, 0.29) is 16.0 Å². The van der Waals surface area contributed by atoms with E-state index in [1.165, 1.54) is 29.3 Å². The van der Waals surface area contributed by atoms with Crippen molar-refractivity contribution < 1.29 is 8.42 Å². The smallest absolute Gasteiger partial charge is 0.247 e. The molecule has 0 aliphatic carbocycles. The number of nitrogens with one attached hydrogen (secondary N) is 1. The highest BCUT2D eigenvalue weighted by molar-refractivity contribution is 7.92. The molecule has 90 valence electrons. The number of pyridine rings is 1. The summed E-state index contributed by atoms with van der Waals surface area (Å²) in [5.74, 6) is 0.125. The van der Waals surface area contributed by atoms with E-state index in [2.05, 4.69) is 19.8 Å². The second-order valence-electron chi connectivity index (χ2n) is 3.13. The van der Waals surface area contributed by atoms with E-state index >= 15 is 0 Å². The average molecular weight is 274 g/mol. The first-order valence-corrected chi connectivity index (χ1v) is 6.33. The lowest BCUT2D eigenvalue weighted by Crippen LogP contribution is -2.16. The molecule has 0 spiro atoms. The molecule has 0 radical (unpaired) electrons. The maximum atomic E-state index is 11.9. The Bertz CT molecular complexity index is 622. The number of aromatic nitrogens is 4. The monoisotopic (exact) mass is 273 g/mol. The Morgan fingerprint density at radius 2 is 2.12 bits per heavy atom. The molecule has 0 saturated carbocycles. The summed E-state index contributed by atoms with van der Waals surface area (Å²) in [7, 11) is -2.14. The summed E-state index contributed by atoms with van der Waals surface area (Å²) in [5, 5.41) is 3.98. The first-order valence-electron chi connectivity index (χ1n) is 4.47. The molecule has 2 aromatic heterocycles. The van der Waals surface area contributed by atoms with E-state index in [4.69, 9.17) is 11.6 Å². The number of halogens is 1. The molecule has 0 aliphatic heterocycles. The molecule has 0 atom stereocenters. The van der Waals surface area contributed by atoms with Gasteiger partial charge >= 0.3 is 0 Å². The van der Waals surface area contributed by atoms with E-state index in [1.54, 1.807) is 7.05 Å². The summed E-state index contributed by atoms with van der Waals surface area (Å²) < 4.78 is 27.4. The lowest BCUT2D eigenvalue weighted by molar-refractivity contribution is 0.599. The number of hydrogen-bond donors (Lipinski definition) is 1. The molecule has 0 bridgehead atoms. The average Bonchev–Trinajstić information content (AvgIpc) is 2.64. The highest BCUT2D eigenvalue weighted by Crippen LogP contribution is 2.14. The molecular formula is C8H8ClN5O2S. The minimum absolute atomic E-state index is 0.00454. The Kier molecular flexibility index (Phi) is 2.99. The van der Waals surface area contributed by atoms with Gasteiger partial charge in [0.25, 0.3) is 10.0 Å². The van der Waals surface area contributed by atoms with Crippen LogP contribution in [0, 0.1) is 0 Å². The summed E-state index contributed by atoms with van der Waals surface area (Å²) in [6, 6.07) is 2.75. The van der Waals surface area contributed by atoms with Gasteiger partial charge in [-0.3, -0.25) is 0 Å². The van der Waals surface area contributed by atoms with E-state index in [9.17, 15) is 8.42 Å². The lowest BCUT2D eigenvalue weighted by Gasteiger charge is -2.06. The summed E-state index contributed by atoms with van der Waals surface area (Å²) in [6.45, 7) is 0. The molecule has 17 heavy (non-hydrogen) atoms. The van der Waals surface area contributed by atoms with Gasteiger partial charge in [0.2, 0.25) is 5.95 Å².